The summed E-state index contributed by atoms with van der Waals surface area (Å²) in [5, 5.41) is 1.76. The number of aromatic nitrogens is 1. The number of carbonyl (C=O) groups excluding carboxylic acids is 1. The van der Waals surface area contributed by atoms with E-state index in [1.54, 1.807) is 7.11 Å². The molecule has 4 aromatic rings. The van der Waals surface area contributed by atoms with E-state index in [1.165, 1.54) is 5.56 Å². The molecule has 1 aromatic heterocycles. The first-order valence-electron chi connectivity index (χ1n) is 12.8. The lowest BCUT2D eigenvalue weighted by molar-refractivity contribution is 0.0954. The van der Waals surface area contributed by atoms with Gasteiger partial charge in [0.2, 0.25) is 5.78 Å². The van der Waals surface area contributed by atoms with Crippen molar-refractivity contribution in [3.05, 3.63) is 93.3 Å². The third kappa shape index (κ3) is 4.34. The molecule has 0 bridgehead atoms. The molecule has 0 atom stereocenters. The molecular weight excluding hydrogens is 500 g/mol. The Morgan fingerprint density at radius 1 is 1.11 bits per heavy atom. The highest BCUT2D eigenvalue weighted by molar-refractivity contribution is 6.30. The van der Waals surface area contributed by atoms with Crippen molar-refractivity contribution in [2.45, 2.75) is 33.4 Å². The number of aryl methyl sites for hydroxylation is 1. The van der Waals surface area contributed by atoms with Crippen LogP contribution in [0, 0.1) is 6.92 Å². The molecule has 0 saturated carbocycles. The number of halogens is 1. The van der Waals surface area contributed by atoms with Crippen molar-refractivity contribution >= 4 is 34.4 Å². The average molecular weight is 529 g/mol. The second-order valence-corrected chi connectivity index (χ2v) is 10.2. The topological polar surface area (TPSA) is 52.9 Å². The number of methoxy groups -OCH3 is 1. The minimum atomic E-state index is -0.107. The van der Waals surface area contributed by atoms with Crippen molar-refractivity contribution in [2.24, 2.45) is 0 Å². The second-order valence-electron chi connectivity index (χ2n) is 9.76. The van der Waals surface area contributed by atoms with Crippen LogP contribution >= 0.6 is 11.6 Å². The van der Waals surface area contributed by atoms with Crippen LogP contribution in [0.4, 0.5) is 0 Å². The third-order valence-corrected chi connectivity index (χ3v) is 7.63. The van der Waals surface area contributed by atoms with Crippen LogP contribution in [0.5, 0.6) is 17.2 Å². The van der Waals surface area contributed by atoms with Crippen molar-refractivity contribution in [1.82, 2.24) is 9.47 Å². The minimum Gasteiger partial charge on any atom is -0.497 e. The van der Waals surface area contributed by atoms with Gasteiger partial charge in [0.1, 0.15) is 24.0 Å². The molecule has 2 aliphatic rings. The van der Waals surface area contributed by atoms with Crippen LogP contribution in [0.15, 0.2) is 60.5 Å². The van der Waals surface area contributed by atoms with Crippen LogP contribution in [0.2, 0.25) is 5.02 Å². The van der Waals surface area contributed by atoms with E-state index in [0.717, 1.165) is 63.6 Å². The van der Waals surface area contributed by atoms with E-state index >= 15 is 0 Å². The molecular formula is C31H29ClN2O4. The van der Waals surface area contributed by atoms with Crippen molar-refractivity contribution in [2.75, 3.05) is 20.4 Å². The van der Waals surface area contributed by atoms with E-state index in [2.05, 4.69) is 34.7 Å². The molecule has 0 spiro atoms. The summed E-state index contributed by atoms with van der Waals surface area (Å²) in [5.41, 5.74) is 5.70. The minimum absolute atomic E-state index is 0.107. The van der Waals surface area contributed by atoms with Gasteiger partial charge in [0.25, 0.3) is 0 Å². The van der Waals surface area contributed by atoms with Gasteiger partial charge in [-0.3, -0.25) is 9.69 Å². The smallest absolute Gasteiger partial charge is 0.231 e. The summed E-state index contributed by atoms with van der Waals surface area (Å²) in [6.45, 7) is 6.93. The summed E-state index contributed by atoms with van der Waals surface area (Å²) in [5.74, 6) is 2.39. The van der Waals surface area contributed by atoms with Gasteiger partial charge in [-0.25, -0.2) is 0 Å². The number of nitrogens with zero attached hydrogens (tertiary/aromatic N) is 2. The van der Waals surface area contributed by atoms with Crippen LogP contribution < -0.4 is 14.2 Å². The zero-order valence-electron chi connectivity index (χ0n) is 21.7. The van der Waals surface area contributed by atoms with Gasteiger partial charge in [-0.15, -0.1) is 0 Å². The molecule has 2 aliphatic heterocycles. The number of hydrogen-bond donors (Lipinski definition) is 0. The number of ketones is 1. The number of carbonyl (C=O) groups is 1. The summed E-state index contributed by atoms with van der Waals surface area (Å²) < 4.78 is 19.9. The SMILES string of the molecule is CCn1cc(/C=C2\Oc3c(cc4c(c3C)OCN(CCc3ccc(Cl)cc3)C4)C2=O)c2cc(OC)ccc21. The first kappa shape index (κ1) is 24.6. The Bertz CT molecular complexity index is 1590. The number of allylic oxidation sites excluding steroid dienone is 1. The van der Waals surface area contributed by atoms with Crippen molar-refractivity contribution in [1.29, 1.82) is 0 Å². The van der Waals surface area contributed by atoms with E-state index in [0.29, 0.717) is 30.3 Å². The zero-order valence-corrected chi connectivity index (χ0v) is 22.5. The van der Waals surface area contributed by atoms with Crippen LogP contribution in [-0.2, 0) is 19.5 Å². The number of Topliss-reactive ketones (excluding diaryl/α,β-unsaturated/α-hetero) is 1. The Morgan fingerprint density at radius 2 is 1.92 bits per heavy atom. The second kappa shape index (κ2) is 9.86. The highest BCUT2D eigenvalue weighted by Gasteiger charge is 2.33. The predicted molar refractivity (Wildman–Crippen MR) is 149 cm³/mol. The molecule has 0 amide bonds. The molecule has 3 heterocycles. The van der Waals surface area contributed by atoms with Gasteiger partial charge in [0.15, 0.2) is 5.76 Å². The Balaban J connectivity index is 1.27. The Hall–Kier alpha value is -3.74. The number of hydrogen-bond acceptors (Lipinski definition) is 5. The molecule has 194 valence electrons. The maximum atomic E-state index is 13.5. The summed E-state index contributed by atoms with van der Waals surface area (Å²) in [6, 6.07) is 15.9. The lowest BCUT2D eigenvalue weighted by atomic mass is 9.99. The summed E-state index contributed by atoms with van der Waals surface area (Å²) in [4.78, 5) is 15.7. The van der Waals surface area contributed by atoms with Gasteiger partial charge in [0, 0.05) is 58.4 Å². The predicted octanol–water partition coefficient (Wildman–Crippen LogP) is 6.64. The molecule has 0 fully saturated rings. The molecule has 0 N–H and O–H groups in total. The van der Waals surface area contributed by atoms with E-state index in [9.17, 15) is 4.79 Å². The number of fused-ring (bicyclic) bond motifs is 3. The van der Waals surface area contributed by atoms with Gasteiger partial charge in [0.05, 0.1) is 12.7 Å². The fraction of sp³-hybridized carbons (Fsp3) is 0.258. The standard InChI is InChI=1S/C31H29ClN2O4/c1-4-34-17-21(25-15-24(36-3)9-10-27(25)34)14-28-29(35)26-13-22-16-33(12-11-20-5-7-23(32)8-6-20)18-37-30(22)19(2)31(26)38-28/h5-10,13-15,17H,4,11-12,16,18H2,1-3H3/b28-14-. The van der Waals surface area contributed by atoms with Gasteiger partial charge in [-0.05, 0) is 68.3 Å². The molecule has 0 radical (unpaired) electrons. The molecule has 38 heavy (non-hydrogen) atoms. The third-order valence-electron chi connectivity index (χ3n) is 7.38. The normalized spacial score (nSPS) is 15.9. The first-order valence-corrected chi connectivity index (χ1v) is 13.2. The fourth-order valence-electron chi connectivity index (χ4n) is 5.33. The quantitative estimate of drug-likeness (QED) is 0.262. The van der Waals surface area contributed by atoms with E-state index in [4.69, 9.17) is 25.8 Å². The van der Waals surface area contributed by atoms with Gasteiger partial charge in [-0.1, -0.05) is 23.7 Å². The summed E-state index contributed by atoms with van der Waals surface area (Å²) >= 11 is 6.01. The highest BCUT2D eigenvalue weighted by atomic mass is 35.5. The lowest BCUT2D eigenvalue weighted by Gasteiger charge is -2.30. The summed E-state index contributed by atoms with van der Waals surface area (Å²) in [7, 11) is 1.65. The molecule has 3 aromatic carbocycles. The van der Waals surface area contributed by atoms with Gasteiger partial charge >= 0.3 is 0 Å². The summed E-state index contributed by atoms with van der Waals surface area (Å²) in [6.07, 6.45) is 4.79. The first-order chi connectivity index (χ1) is 18.4. The van der Waals surface area contributed by atoms with Crippen LogP contribution in [0.1, 0.15) is 39.5 Å². The van der Waals surface area contributed by atoms with E-state index in [1.807, 2.05) is 49.4 Å². The average Bonchev–Trinajstić information content (AvgIpc) is 3.45. The Labute approximate surface area is 227 Å². The molecule has 0 aliphatic carbocycles. The number of benzene rings is 3. The lowest BCUT2D eigenvalue weighted by Crippen LogP contribution is -2.34. The number of rotatable bonds is 6. The maximum Gasteiger partial charge on any atom is 0.231 e. The molecule has 6 nitrogen and oxygen atoms in total. The molecule has 0 saturated heterocycles. The van der Waals surface area contributed by atoms with E-state index in [-0.39, 0.29) is 5.78 Å². The highest BCUT2D eigenvalue weighted by Crippen LogP contribution is 2.43. The molecule has 7 heteroatoms. The molecule has 6 rings (SSSR count). The molecule has 0 unspecified atom stereocenters. The van der Waals surface area contributed by atoms with Crippen molar-refractivity contribution in [3.63, 3.8) is 0 Å². The van der Waals surface area contributed by atoms with Crippen LogP contribution in [-0.4, -0.2) is 35.6 Å². The van der Waals surface area contributed by atoms with Gasteiger partial charge in [-0.2, -0.15) is 0 Å². The fourth-order valence-corrected chi connectivity index (χ4v) is 5.45. The van der Waals surface area contributed by atoms with Crippen LogP contribution in [0.3, 0.4) is 0 Å². The Morgan fingerprint density at radius 3 is 2.68 bits per heavy atom. The largest absolute Gasteiger partial charge is 0.497 e. The monoisotopic (exact) mass is 528 g/mol. The van der Waals surface area contributed by atoms with Gasteiger partial charge < -0.3 is 18.8 Å². The van der Waals surface area contributed by atoms with Crippen molar-refractivity contribution in [3.8, 4) is 17.2 Å². The number of ether oxygens (including phenoxy) is 3. The Kier molecular flexibility index (Phi) is 6.38. The van der Waals surface area contributed by atoms with Crippen LogP contribution in [0.25, 0.3) is 17.0 Å². The zero-order chi connectivity index (χ0) is 26.4. The van der Waals surface area contributed by atoms with Crippen molar-refractivity contribution < 1.29 is 19.0 Å². The maximum absolute atomic E-state index is 13.5. The van der Waals surface area contributed by atoms with E-state index < -0.39 is 0 Å².